The third-order valence-electron chi connectivity index (χ3n) is 5.61. The van der Waals surface area contributed by atoms with Crippen molar-refractivity contribution >= 4 is 27.5 Å². The average Bonchev–Trinajstić information content (AvgIpc) is 3.21. The SMILES string of the molecule is NC(=O)Cc1cn(-c2cccc(C(F)(F)F)c2)nc1-c1ccc2c(ccc3ccccc32)c1. The predicted octanol–water partition coefficient (Wildman–Crippen LogP) is 5.89. The number of nitrogens with two attached hydrogens (primary N) is 1. The zero-order chi connectivity index (χ0) is 23.2. The van der Waals surface area contributed by atoms with Gasteiger partial charge in [0.2, 0.25) is 5.91 Å². The van der Waals surface area contributed by atoms with Gasteiger partial charge in [-0.3, -0.25) is 4.79 Å². The van der Waals surface area contributed by atoms with E-state index in [0.29, 0.717) is 11.3 Å². The quantitative estimate of drug-likeness (QED) is 0.351. The Morgan fingerprint density at radius 1 is 0.879 bits per heavy atom. The van der Waals surface area contributed by atoms with Gasteiger partial charge in [0.05, 0.1) is 23.4 Å². The Morgan fingerprint density at radius 2 is 1.64 bits per heavy atom. The monoisotopic (exact) mass is 445 g/mol. The fraction of sp³-hybridized carbons (Fsp3) is 0.0769. The molecule has 4 nitrogen and oxygen atoms in total. The number of carbonyl (C=O) groups excluding carboxylic acids is 1. The Balaban J connectivity index is 1.64. The Kier molecular flexibility index (Phi) is 4.89. The summed E-state index contributed by atoms with van der Waals surface area (Å²) >= 11 is 0. The number of aromatic nitrogens is 2. The zero-order valence-electron chi connectivity index (χ0n) is 17.3. The third-order valence-corrected chi connectivity index (χ3v) is 5.61. The first kappa shape index (κ1) is 20.8. The van der Waals surface area contributed by atoms with Gasteiger partial charge < -0.3 is 5.73 Å². The second-order valence-corrected chi connectivity index (χ2v) is 7.86. The molecule has 0 unspecified atom stereocenters. The van der Waals surface area contributed by atoms with E-state index in [-0.39, 0.29) is 12.1 Å². The van der Waals surface area contributed by atoms with E-state index in [1.54, 1.807) is 6.20 Å². The predicted molar refractivity (Wildman–Crippen MR) is 122 cm³/mol. The molecule has 0 fully saturated rings. The lowest BCUT2D eigenvalue weighted by atomic mass is 9.98. The number of hydrogen-bond donors (Lipinski definition) is 1. The van der Waals surface area contributed by atoms with Crippen LogP contribution in [0.15, 0.2) is 85.1 Å². The van der Waals surface area contributed by atoms with Crippen molar-refractivity contribution in [3.05, 3.63) is 96.2 Å². The minimum Gasteiger partial charge on any atom is -0.369 e. The number of carbonyl (C=O) groups is 1. The van der Waals surface area contributed by atoms with Crippen molar-refractivity contribution in [2.45, 2.75) is 12.6 Å². The van der Waals surface area contributed by atoms with Crippen LogP contribution in [0.5, 0.6) is 0 Å². The molecule has 1 amide bonds. The fourth-order valence-electron chi connectivity index (χ4n) is 4.09. The molecule has 4 aromatic carbocycles. The number of hydrogen-bond acceptors (Lipinski definition) is 2. The number of amides is 1. The maximum absolute atomic E-state index is 13.2. The summed E-state index contributed by atoms with van der Waals surface area (Å²) < 4.78 is 40.9. The molecule has 0 aliphatic heterocycles. The number of fused-ring (bicyclic) bond motifs is 3. The van der Waals surface area contributed by atoms with Gasteiger partial charge in [0.1, 0.15) is 0 Å². The van der Waals surface area contributed by atoms with Crippen LogP contribution in [-0.2, 0) is 17.4 Å². The van der Waals surface area contributed by atoms with Crippen LogP contribution in [0.3, 0.4) is 0 Å². The highest BCUT2D eigenvalue weighted by molar-refractivity contribution is 6.08. The molecule has 164 valence electrons. The number of primary amides is 1. The Hall–Kier alpha value is -4.13. The Labute approximate surface area is 187 Å². The van der Waals surface area contributed by atoms with Gasteiger partial charge in [-0.05, 0) is 45.8 Å². The largest absolute Gasteiger partial charge is 0.416 e. The van der Waals surface area contributed by atoms with E-state index in [0.717, 1.165) is 39.2 Å². The first-order valence-electron chi connectivity index (χ1n) is 10.3. The van der Waals surface area contributed by atoms with Crippen LogP contribution in [0.4, 0.5) is 13.2 Å². The van der Waals surface area contributed by atoms with E-state index in [9.17, 15) is 18.0 Å². The van der Waals surface area contributed by atoms with Crippen LogP contribution in [0.25, 0.3) is 38.5 Å². The molecule has 0 atom stereocenters. The zero-order valence-corrected chi connectivity index (χ0v) is 17.3. The summed E-state index contributed by atoms with van der Waals surface area (Å²) in [5.74, 6) is -0.549. The number of rotatable bonds is 4. The van der Waals surface area contributed by atoms with Gasteiger partial charge in [0.15, 0.2) is 0 Å². The highest BCUT2D eigenvalue weighted by atomic mass is 19.4. The molecule has 0 bridgehead atoms. The summed E-state index contributed by atoms with van der Waals surface area (Å²) in [7, 11) is 0. The molecule has 5 aromatic rings. The maximum atomic E-state index is 13.2. The average molecular weight is 445 g/mol. The van der Waals surface area contributed by atoms with Crippen molar-refractivity contribution in [1.29, 1.82) is 0 Å². The summed E-state index contributed by atoms with van der Waals surface area (Å²) in [6.45, 7) is 0. The molecule has 1 heterocycles. The van der Waals surface area contributed by atoms with Crippen LogP contribution in [-0.4, -0.2) is 15.7 Å². The van der Waals surface area contributed by atoms with Crippen molar-refractivity contribution in [3.8, 4) is 16.9 Å². The lowest BCUT2D eigenvalue weighted by molar-refractivity contribution is -0.137. The second kappa shape index (κ2) is 7.78. The molecule has 0 aliphatic rings. The van der Waals surface area contributed by atoms with Gasteiger partial charge in [-0.25, -0.2) is 4.68 Å². The first-order valence-corrected chi connectivity index (χ1v) is 10.3. The van der Waals surface area contributed by atoms with Crippen molar-refractivity contribution in [1.82, 2.24) is 9.78 Å². The number of nitrogens with zero attached hydrogens (tertiary/aromatic N) is 2. The van der Waals surface area contributed by atoms with Crippen LogP contribution in [0, 0.1) is 0 Å². The van der Waals surface area contributed by atoms with E-state index >= 15 is 0 Å². The summed E-state index contributed by atoms with van der Waals surface area (Å²) in [5.41, 5.74) is 6.69. The van der Waals surface area contributed by atoms with Crippen LogP contribution in [0.2, 0.25) is 0 Å². The van der Waals surface area contributed by atoms with E-state index < -0.39 is 17.6 Å². The van der Waals surface area contributed by atoms with Gasteiger partial charge in [0, 0.05) is 17.3 Å². The smallest absolute Gasteiger partial charge is 0.369 e. The lowest BCUT2D eigenvalue weighted by Crippen LogP contribution is -2.13. The van der Waals surface area contributed by atoms with Gasteiger partial charge in [-0.15, -0.1) is 0 Å². The molecule has 33 heavy (non-hydrogen) atoms. The van der Waals surface area contributed by atoms with E-state index in [1.165, 1.54) is 16.8 Å². The topological polar surface area (TPSA) is 60.9 Å². The molecule has 0 saturated heterocycles. The molecule has 2 N–H and O–H groups in total. The molecule has 5 rings (SSSR count). The standard InChI is InChI=1S/C26H18F3N3O/c27-26(28,29)20-5-3-6-21(14-20)32-15-19(13-24(30)33)25(31-32)18-10-11-23-17(12-18)9-8-16-4-1-2-7-22(16)23/h1-12,14-15H,13H2,(H2,30,33). The summed E-state index contributed by atoms with van der Waals surface area (Å²) in [6, 6.07) is 22.9. The van der Waals surface area contributed by atoms with Crippen LogP contribution >= 0.6 is 0 Å². The van der Waals surface area contributed by atoms with Gasteiger partial charge in [-0.2, -0.15) is 18.3 Å². The van der Waals surface area contributed by atoms with E-state index in [2.05, 4.69) is 11.2 Å². The molecule has 1 aromatic heterocycles. The van der Waals surface area contributed by atoms with Crippen molar-refractivity contribution in [2.75, 3.05) is 0 Å². The van der Waals surface area contributed by atoms with E-state index in [1.807, 2.05) is 48.5 Å². The number of halogens is 3. The van der Waals surface area contributed by atoms with E-state index in [4.69, 9.17) is 5.73 Å². The van der Waals surface area contributed by atoms with Crippen LogP contribution < -0.4 is 5.73 Å². The normalized spacial score (nSPS) is 11.8. The van der Waals surface area contributed by atoms with Crippen molar-refractivity contribution < 1.29 is 18.0 Å². The van der Waals surface area contributed by atoms with Crippen molar-refractivity contribution in [2.24, 2.45) is 5.73 Å². The first-order chi connectivity index (χ1) is 15.8. The maximum Gasteiger partial charge on any atom is 0.416 e. The third kappa shape index (κ3) is 3.93. The summed E-state index contributed by atoms with van der Waals surface area (Å²) in [4.78, 5) is 11.7. The van der Waals surface area contributed by atoms with Crippen LogP contribution in [0.1, 0.15) is 11.1 Å². The van der Waals surface area contributed by atoms with Gasteiger partial charge in [0.25, 0.3) is 0 Å². The Morgan fingerprint density at radius 3 is 2.42 bits per heavy atom. The highest BCUT2D eigenvalue weighted by Crippen LogP contribution is 2.33. The molecular formula is C26H18F3N3O. The number of alkyl halides is 3. The lowest BCUT2D eigenvalue weighted by Gasteiger charge is -2.08. The minimum absolute atomic E-state index is 0.0793. The molecule has 0 aliphatic carbocycles. The minimum atomic E-state index is -4.47. The fourth-order valence-corrected chi connectivity index (χ4v) is 4.09. The van der Waals surface area contributed by atoms with Gasteiger partial charge >= 0.3 is 6.18 Å². The Bertz CT molecular complexity index is 1520. The van der Waals surface area contributed by atoms with Gasteiger partial charge in [-0.1, -0.05) is 54.6 Å². The molecular weight excluding hydrogens is 427 g/mol. The molecule has 0 radical (unpaired) electrons. The summed E-state index contributed by atoms with van der Waals surface area (Å²) in [5, 5.41) is 8.85. The second-order valence-electron chi connectivity index (χ2n) is 7.86. The van der Waals surface area contributed by atoms with Crippen molar-refractivity contribution in [3.63, 3.8) is 0 Å². The summed E-state index contributed by atoms with van der Waals surface area (Å²) in [6.07, 6.45) is -2.99. The highest BCUT2D eigenvalue weighted by Gasteiger charge is 2.30. The number of benzene rings is 4. The molecule has 7 heteroatoms. The molecule has 0 spiro atoms. The molecule has 0 saturated carbocycles.